The molecular formula is C21H20ClN3O3S. The van der Waals surface area contributed by atoms with Crippen molar-refractivity contribution in [3.8, 4) is 0 Å². The highest BCUT2D eigenvalue weighted by molar-refractivity contribution is 7.89. The maximum absolute atomic E-state index is 12.7. The van der Waals surface area contributed by atoms with Crippen molar-refractivity contribution in [2.24, 2.45) is 0 Å². The van der Waals surface area contributed by atoms with E-state index in [4.69, 9.17) is 11.6 Å². The Morgan fingerprint density at radius 2 is 1.76 bits per heavy atom. The summed E-state index contributed by atoms with van der Waals surface area (Å²) < 4.78 is 27.8. The Labute approximate surface area is 175 Å². The van der Waals surface area contributed by atoms with Crippen molar-refractivity contribution < 1.29 is 13.2 Å². The summed E-state index contributed by atoms with van der Waals surface area (Å²) in [5.74, 6) is -0.370. The number of rotatable bonds is 8. The average molecular weight is 430 g/mol. The van der Waals surface area contributed by atoms with E-state index in [2.05, 4.69) is 15.0 Å². The summed E-state index contributed by atoms with van der Waals surface area (Å²) in [5.41, 5.74) is 2.04. The first-order valence-corrected chi connectivity index (χ1v) is 10.8. The maximum atomic E-state index is 12.7. The summed E-state index contributed by atoms with van der Waals surface area (Å²) in [6.07, 6.45) is 4.04. The molecule has 1 heterocycles. The van der Waals surface area contributed by atoms with Crippen molar-refractivity contribution in [3.63, 3.8) is 0 Å². The summed E-state index contributed by atoms with van der Waals surface area (Å²) in [5, 5.41) is 2.83. The lowest BCUT2D eigenvalue weighted by atomic mass is 10.2. The van der Waals surface area contributed by atoms with Gasteiger partial charge >= 0.3 is 0 Å². The zero-order valence-electron chi connectivity index (χ0n) is 15.5. The van der Waals surface area contributed by atoms with Crippen LogP contribution in [0.3, 0.4) is 0 Å². The van der Waals surface area contributed by atoms with Crippen LogP contribution in [0.25, 0.3) is 0 Å². The van der Waals surface area contributed by atoms with Gasteiger partial charge in [0, 0.05) is 31.0 Å². The number of nitrogens with zero attached hydrogens (tertiary/aromatic N) is 1. The maximum Gasteiger partial charge on any atom is 0.251 e. The summed E-state index contributed by atoms with van der Waals surface area (Å²) in [6.45, 7) is 0.530. The largest absolute Gasteiger partial charge is 0.352 e. The second-order valence-corrected chi connectivity index (χ2v) is 8.47. The molecule has 3 aromatic rings. The van der Waals surface area contributed by atoms with Crippen molar-refractivity contribution >= 4 is 27.5 Å². The first-order chi connectivity index (χ1) is 14.0. The molecule has 0 spiro atoms. The van der Waals surface area contributed by atoms with Crippen LogP contribution in [0, 0.1) is 0 Å². The summed E-state index contributed by atoms with van der Waals surface area (Å²) in [6, 6.07) is 17.1. The molecule has 0 saturated heterocycles. The molecule has 0 radical (unpaired) electrons. The van der Waals surface area contributed by atoms with Gasteiger partial charge in [-0.3, -0.25) is 9.78 Å². The van der Waals surface area contributed by atoms with Gasteiger partial charge in [0.1, 0.15) is 4.90 Å². The highest BCUT2D eigenvalue weighted by Crippen LogP contribution is 2.23. The van der Waals surface area contributed by atoms with Gasteiger partial charge in [-0.05, 0) is 41.8 Å². The van der Waals surface area contributed by atoms with Crippen LogP contribution in [0.5, 0.6) is 0 Å². The van der Waals surface area contributed by atoms with Crippen LogP contribution in [-0.2, 0) is 23.0 Å². The topological polar surface area (TPSA) is 88.2 Å². The fourth-order valence-corrected chi connectivity index (χ4v) is 4.21. The van der Waals surface area contributed by atoms with Gasteiger partial charge in [-0.1, -0.05) is 48.0 Å². The van der Waals surface area contributed by atoms with Crippen LogP contribution < -0.4 is 10.0 Å². The van der Waals surface area contributed by atoms with E-state index in [9.17, 15) is 13.2 Å². The van der Waals surface area contributed by atoms with Crippen molar-refractivity contribution in [1.29, 1.82) is 0 Å². The molecule has 1 aromatic heterocycles. The van der Waals surface area contributed by atoms with Crippen LogP contribution in [0.2, 0.25) is 5.02 Å². The molecule has 2 aromatic carbocycles. The van der Waals surface area contributed by atoms with E-state index < -0.39 is 10.0 Å². The fraction of sp³-hybridized carbons (Fsp3) is 0.143. The number of nitrogens with one attached hydrogen (secondary N) is 2. The van der Waals surface area contributed by atoms with E-state index in [-0.39, 0.29) is 27.9 Å². The minimum absolute atomic E-state index is 0.0532. The number of hydrogen-bond donors (Lipinski definition) is 2. The SMILES string of the molecule is O=C(NCCc1cccnc1)c1ccc(Cl)c(S(=O)(=O)NCc2ccccc2)c1. The molecule has 0 unspecified atom stereocenters. The van der Waals surface area contributed by atoms with Gasteiger partial charge in [-0.15, -0.1) is 0 Å². The molecule has 0 aliphatic carbocycles. The molecule has 0 bridgehead atoms. The number of amides is 1. The third-order valence-corrected chi connectivity index (χ3v) is 6.10. The Kier molecular flexibility index (Phi) is 6.98. The summed E-state index contributed by atoms with van der Waals surface area (Å²) in [7, 11) is -3.88. The third kappa shape index (κ3) is 5.87. The van der Waals surface area contributed by atoms with Crippen LogP contribution in [0.1, 0.15) is 21.5 Å². The van der Waals surface area contributed by atoms with Gasteiger partial charge in [0.15, 0.2) is 0 Å². The van der Waals surface area contributed by atoms with Crippen LogP contribution in [0.4, 0.5) is 0 Å². The quantitative estimate of drug-likeness (QED) is 0.575. The lowest BCUT2D eigenvalue weighted by Crippen LogP contribution is -2.27. The second-order valence-electron chi connectivity index (χ2n) is 6.32. The molecule has 0 atom stereocenters. The summed E-state index contributed by atoms with van der Waals surface area (Å²) >= 11 is 6.09. The molecule has 6 nitrogen and oxygen atoms in total. The first kappa shape index (κ1) is 21.0. The zero-order chi connectivity index (χ0) is 20.7. The van der Waals surface area contributed by atoms with Crippen molar-refractivity contribution in [3.05, 3.63) is 94.8 Å². The Morgan fingerprint density at radius 1 is 1.00 bits per heavy atom. The second kappa shape index (κ2) is 9.65. The highest BCUT2D eigenvalue weighted by atomic mass is 35.5. The Balaban J connectivity index is 1.67. The minimum Gasteiger partial charge on any atom is -0.352 e. The molecular weight excluding hydrogens is 410 g/mol. The molecule has 0 aliphatic rings. The Hall–Kier alpha value is -2.74. The van der Waals surface area contributed by atoms with Gasteiger partial charge in [0.2, 0.25) is 10.0 Å². The van der Waals surface area contributed by atoms with Crippen molar-refractivity contribution in [2.75, 3.05) is 6.54 Å². The molecule has 8 heteroatoms. The fourth-order valence-electron chi connectivity index (χ4n) is 2.67. The van der Waals surface area contributed by atoms with E-state index in [1.807, 2.05) is 42.5 Å². The molecule has 2 N–H and O–H groups in total. The van der Waals surface area contributed by atoms with Gasteiger partial charge < -0.3 is 5.32 Å². The predicted molar refractivity (Wildman–Crippen MR) is 112 cm³/mol. The number of hydrogen-bond acceptors (Lipinski definition) is 4. The smallest absolute Gasteiger partial charge is 0.251 e. The molecule has 29 heavy (non-hydrogen) atoms. The average Bonchev–Trinajstić information content (AvgIpc) is 2.74. The molecule has 3 rings (SSSR count). The number of aromatic nitrogens is 1. The monoisotopic (exact) mass is 429 g/mol. The van der Waals surface area contributed by atoms with Gasteiger partial charge in [-0.25, -0.2) is 13.1 Å². The number of benzene rings is 2. The Bertz CT molecular complexity index is 1070. The lowest BCUT2D eigenvalue weighted by Gasteiger charge is -2.11. The molecule has 150 valence electrons. The highest BCUT2D eigenvalue weighted by Gasteiger charge is 2.20. The number of carbonyl (C=O) groups is 1. The Morgan fingerprint density at radius 3 is 2.48 bits per heavy atom. The van der Waals surface area contributed by atoms with E-state index >= 15 is 0 Å². The van der Waals surface area contributed by atoms with Crippen molar-refractivity contribution in [1.82, 2.24) is 15.0 Å². The number of carbonyl (C=O) groups excluding carboxylic acids is 1. The van der Waals surface area contributed by atoms with Crippen LogP contribution in [-0.4, -0.2) is 25.9 Å². The van der Waals surface area contributed by atoms with E-state index in [1.165, 1.54) is 18.2 Å². The van der Waals surface area contributed by atoms with E-state index in [0.717, 1.165) is 11.1 Å². The molecule has 1 amide bonds. The number of pyridine rings is 1. The van der Waals surface area contributed by atoms with Gasteiger partial charge in [0.25, 0.3) is 5.91 Å². The lowest BCUT2D eigenvalue weighted by molar-refractivity contribution is 0.0954. The van der Waals surface area contributed by atoms with Crippen molar-refractivity contribution in [2.45, 2.75) is 17.9 Å². The van der Waals surface area contributed by atoms with E-state index in [0.29, 0.717) is 13.0 Å². The number of halogens is 1. The first-order valence-electron chi connectivity index (χ1n) is 8.96. The zero-order valence-corrected chi connectivity index (χ0v) is 17.1. The van der Waals surface area contributed by atoms with Gasteiger partial charge in [0.05, 0.1) is 5.02 Å². The number of sulfonamides is 1. The summed E-state index contributed by atoms with van der Waals surface area (Å²) in [4.78, 5) is 16.3. The van der Waals surface area contributed by atoms with Crippen LogP contribution >= 0.6 is 11.6 Å². The van der Waals surface area contributed by atoms with E-state index in [1.54, 1.807) is 12.4 Å². The minimum atomic E-state index is -3.88. The normalized spacial score (nSPS) is 11.2. The van der Waals surface area contributed by atoms with Crippen LogP contribution in [0.15, 0.2) is 78.0 Å². The molecule has 0 fully saturated rings. The van der Waals surface area contributed by atoms with Gasteiger partial charge in [-0.2, -0.15) is 0 Å². The molecule has 0 aliphatic heterocycles. The predicted octanol–water partition coefficient (Wildman–Crippen LogP) is 3.19. The molecule has 0 saturated carbocycles. The third-order valence-electron chi connectivity index (χ3n) is 4.21. The standard InChI is InChI=1S/C21H20ClN3O3S/c22-19-9-8-18(21(26)24-12-10-17-7-4-11-23-14-17)13-20(19)29(27,28)25-15-16-5-2-1-3-6-16/h1-9,11,13-14,25H,10,12,15H2,(H,24,26).